The Bertz CT molecular complexity index is 707. The molecule has 0 radical (unpaired) electrons. The number of carboxylic acids is 1. The van der Waals surface area contributed by atoms with Gasteiger partial charge in [-0.3, -0.25) is 9.48 Å². The minimum atomic E-state index is -1.03. The lowest BCUT2D eigenvalue weighted by molar-refractivity contribution is -0.139. The molecule has 2 N–H and O–H groups in total. The van der Waals surface area contributed by atoms with E-state index in [1.807, 2.05) is 20.8 Å². The second kappa shape index (κ2) is 7.63. The van der Waals surface area contributed by atoms with Crippen molar-refractivity contribution in [2.45, 2.75) is 32.9 Å². The fourth-order valence-electron chi connectivity index (χ4n) is 2.10. The topological polar surface area (TPSA) is 93.5 Å². The monoisotopic (exact) mass is 331 g/mol. The summed E-state index contributed by atoms with van der Waals surface area (Å²) >= 11 is 0. The van der Waals surface area contributed by atoms with E-state index < -0.39 is 5.97 Å². The number of amides is 1. The number of nitrogens with one attached hydrogen (secondary N) is 1. The normalized spacial score (nSPS) is 12.0. The molecule has 7 nitrogen and oxygen atoms in total. The van der Waals surface area contributed by atoms with Gasteiger partial charge in [-0.2, -0.15) is 5.10 Å². The van der Waals surface area contributed by atoms with Crippen LogP contribution in [0.4, 0.5) is 0 Å². The van der Waals surface area contributed by atoms with Crippen LogP contribution < -0.4 is 10.1 Å². The van der Waals surface area contributed by atoms with Crippen molar-refractivity contribution in [3.05, 3.63) is 47.8 Å². The Balaban J connectivity index is 1.96. The minimum absolute atomic E-state index is 0.197. The molecular formula is C17H21N3O4. The molecule has 1 amide bonds. The number of ether oxygens (including phenoxy) is 1. The molecule has 1 aromatic heterocycles. The number of carbonyl (C=O) groups is 2. The standard InChI is InChI=1S/C17H21N3O4/c1-11(2)20-9-8-15(19-20)17(23)18-12(3)13-4-6-14(7-5-13)24-10-16(21)22/h4-9,11-12H,10H2,1-3H3,(H,18,23)(H,21,22). The Labute approximate surface area is 140 Å². The van der Waals surface area contributed by atoms with Crippen LogP contribution in [0.25, 0.3) is 0 Å². The number of aromatic nitrogens is 2. The third-order valence-corrected chi connectivity index (χ3v) is 3.46. The van der Waals surface area contributed by atoms with Crippen molar-refractivity contribution in [2.75, 3.05) is 6.61 Å². The molecule has 0 aliphatic heterocycles. The van der Waals surface area contributed by atoms with Gasteiger partial charge in [-0.05, 0) is 44.5 Å². The predicted octanol–water partition coefficient (Wildman–Crippen LogP) is 2.42. The molecule has 0 bridgehead atoms. The maximum Gasteiger partial charge on any atom is 0.341 e. The van der Waals surface area contributed by atoms with Crippen molar-refractivity contribution in [3.63, 3.8) is 0 Å². The van der Waals surface area contributed by atoms with Crippen LogP contribution in [0.5, 0.6) is 5.75 Å². The SMILES string of the molecule is CC(NC(=O)c1ccn(C(C)C)n1)c1ccc(OCC(=O)O)cc1. The van der Waals surface area contributed by atoms with Gasteiger partial charge in [0.1, 0.15) is 11.4 Å². The van der Waals surface area contributed by atoms with E-state index in [4.69, 9.17) is 9.84 Å². The number of hydrogen-bond donors (Lipinski definition) is 2. The van der Waals surface area contributed by atoms with E-state index in [0.717, 1.165) is 5.56 Å². The fourth-order valence-corrected chi connectivity index (χ4v) is 2.10. The average molecular weight is 331 g/mol. The van der Waals surface area contributed by atoms with E-state index in [1.54, 1.807) is 41.2 Å². The number of hydrogen-bond acceptors (Lipinski definition) is 4. The molecule has 2 aromatic rings. The highest BCUT2D eigenvalue weighted by Gasteiger charge is 2.14. The maximum atomic E-state index is 12.2. The summed E-state index contributed by atoms with van der Waals surface area (Å²) in [7, 11) is 0. The second-order valence-electron chi connectivity index (χ2n) is 5.72. The first-order valence-electron chi connectivity index (χ1n) is 7.67. The molecule has 128 valence electrons. The Morgan fingerprint density at radius 2 is 1.88 bits per heavy atom. The van der Waals surface area contributed by atoms with Crippen molar-refractivity contribution in [3.8, 4) is 5.75 Å². The summed E-state index contributed by atoms with van der Waals surface area (Å²) in [6, 6.07) is 8.59. The van der Waals surface area contributed by atoms with Gasteiger partial charge in [0.05, 0.1) is 6.04 Å². The third kappa shape index (κ3) is 4.58. The summed E-state index contributed by atoms with van der Waals surface area (Å²) in [5.74, 6) is -0.802. The molecule has 24 heavy (non-hydrogen) atoms. The molecule has 1 aromatic carbocycles. The van der Waals surface area contributed by atoms with Crippen LogP contribution in [-0.4, -0.2) is 33.4 Å². The van der Waals surface area contributed by atoms with Crippen molar-refractivity contribution in [1.29, 1.82) is 0 Å². The van der Waals surface area contributed by atoms with Gasteiger partial charge < -0.3 is 15.2 Å². The van der Waals surface area contributed by atoms with Gasteiger partial charge in [0.2, 0.25) is 0 Å². The van der Waals surface area contributed by atoms with E-state index in [2.05, 4.69) is 10.4 Å². The summed E-state index contributed by atoms with van der Waals surface area (Å²) in [5, 5.41) is 15.7. The minimum Gasteiger partial charge on any atom is -0.482 e. The highest BCUT2D eigenvalue weighted by molar-refractivity contribution is 5.92. The maximum absolute atomic E-state index is 12.2. The fraction of sp³-hybridized carbons (Fsp3) is 0.353. The number of benzene rings is 1. The van der Waals surface area contributed by atoms with Crippen molar-refractivity contribution < 1.29 is 19.4 Å². The zero-order chi connectivity index (χ0) is 17.7. The number of carboxylic acid groups (broad SMARTS) is 1. The highest BCUT2D eigenvalue weighted by atomic mass is 16.5. The summed E-state index contributed by atoms with van der Waals surface area (Å²) in [6.45, 7) is 5.46. The smallest absolute Gasteiger partial charge is 0.341 e. The van der Waals surface area contributed by atoms with E-state index in [-0.39, 0.29) is 24.6 Å². The van der Waals surface area contributed by atoms with Crippen LogP contribution in [0.3, 0.4) is 0 Å². The van der Waals surface area contributed by atoms with Crippen LogP contribution in [-0.2, 0) is 4.79 Å². The molecule has 0 aliphatic carbocycles. The molecule has 1 heterocycles. The summed E-state index contributed by atoms with van der Waals surface area (Å²) < 4.78 is 6.81. The zero-order valence-electron chi connectivity index (χ0n) is 13.9. The molecule has 1 atom stereocenters. The Hall–Kier alpha value is -2.83. The Kier molecular flexibility index (Phi) is 5.57. The van der Waals surface area contributed by atoms with E-state index in [0.29, 0.717) is 11.4 Å². The summed E-state index contributed by atoms with van der Waals surface area (Å²) in [6.07, 6.45) is 1.78. The lowest BCUT2D eigenvalue weighted by Crippen LogP contribution is -2.27. The van der Waals surface area contributed by atoms with Crippen molar-refractivity contribution in [1.82, 2.24) is 15.1 Å². The molecular weight excluding hydrogens is 310 g/mol. The zero-order valence-corrected chi connectivity index (χ0v) is 13.9. The predicted molar refractivity (Wildman–Crippen MR) is 88.1 cm³/mol. The highest BCUT2D eigenvalue weighted by Crippen LogP contribution is 2.18. The van der Waals surface area contributed by atoms with Gasteiger partial charge in [0.15, 0.2) is 6.61 Å². The molecule has 0 saturated carbocycles. The lowest BCUT2D eigenvalue weighted by atomic mass is 10.1. The molecule has 1 unspecified atom stereocenters. The Morgan fingerprint density at radius 1 is 1.21 bits per heavy atom. The van der Waals surface area contributed by atoms with Crippen molar-refractivity contribution in [2.24, 2.45) is 0 Å². The molecule has 0 fully saturated rings. The van der Waals surface area contributed by atoms with E-state index >= 15 is 0 Å². The number of aliphatic carboxylic acids is 1. The molecule has 7 heteroatoms. The molecule has 0 aliphatic rings. The van der Waals surface area contributed by atoms with Gasteiger partial charge >= 0.3 is 5.97 Å². The first kappa shape index (κ1) is 17.5. The molecule has 0 saturated heterocycles. The average Bonchev–Trinajstić information content (AvgIpc) is 3.03. The van der Waals surface area contributed by atoms with Gasteiger partial charge in [0.25, 0.3) is 5.91 Å². The first-order valence-corrected chi connectivity index (χ1v) is 7.67. The number of nitrogens with zero attached hydrogens (tertiary/aromatic N) is 2. The quantitative estimate of drug-likeness (QED) is 0.812. The van der Waals surface area contributed by atoms with Gasteiger partial charge in [0, 0.05) is 12.2 Å². The number of carbonyl (C=O) groups excluding carboxylic acids is 1. The largest absolute Gasteiger partial charge is 0.482 e. The number of rotatable bonds is 7. The van der Waals surface area contributed by atoms with E-state index in [9.17, 15) is 9.59 Å². The van der Waals surface area contributed by atoms with Gasteiger partial charge in [-0.25, -0.2) is 4.79 Å². The van der Waals surface area contributed by atoms with Crippen LogP contribution in [0, 0.1) is 0 Å². The molecule has 0 spiro atoms. The lowest BCUT2D eigenvalue weighted by Gasteiger charge is -2.14. The Morgan fingerprint density at radius 3 is 2.42 bits per heavy atom. The van der Waals surface area contributed by atoms with Crippen LogP contribution in [0.1, 0.15) is 48.9 Å². The van der Waals surface area contributed by atoms with Crippen LogP contribution in [0.2, 0.25) is 0 Å². The van der Waals surface area contributed by atoms with Gasteiger partial charge in [-0.1, -0.05) is 12.1 Å². The van der Waals surface area contributed by atoms with E-state index in [1.165, 1.54) is 0 Å². The second-order valence-corrected chi connectivity index (χ2v) is 5.72. The first-order chi connectivity index (χ1) is 11.4. The van der Waals surface area contributed by atoms with Crippen molar-refractivity contribution >= 4 is 11.9 Å². The molecule has 2 rings (SSSR count). The van der Waals surface area contributed by atoms with Crippen LogP contribution >= 0.6 is 0 Å². The van der Waals surface area contributed by atoms with Crippen LogP contribution in [0.15, 0.2) is 36.5 Å². The summed E-state index contributed by atoms with van der Waals surface area (Å²) in [4.78, 5) is 22.7. The summed E-state index contributed by atoms with van der Waals surface area (Å²) in [5.41, 5.74) is 1.26. The third-order valence-electron chi connectivity index (χ3n) is 3.46. The van der Waals surface area contributed by atoms with Gasteiger partial charge in [-0.15, -0.1) is 0 Å².